The number of halogens is 1. The van der Waals surface area contributed by atoms with E-state index in [9.17, 15) is 4.79 Å². The van der Waals surface area contributed by atoms with Gasteiger partial charge >= 0.3 is 0 Å². The van der Waals surface area contributed by atoms with Gasteiger partial charge in [0.25, 0.3) is 0 Å². The molecule has 1 aromatic heterocycles. The lowest BCUT2D eigenvalue weighted by atomic mass is 10.1. The first kappa shape index (κ1) is 14.5. The predicted octanol–water partition coefficient (Wildman–Crippen LogP) is 4.14. The third kappa shape index (κ3) is 2.99. The van der Waals surface area contributed by atoms with Crippen LogP contribution in [-0.4, -0.2) is 17.8 Å². The Kier molecular flexibility index (Phi) is 4.40. The maximum absolute atomic E-state index is 11.3. The summed E-state index contributed by atoms with van der Waals surface area (Å²) in [6.07, 6.45) is 1.60. The molecular formula is C16H17ClN2O. The van der Waals surface area contributed by atoms with Gasteiger partial charge in [0.15, 0.2) is 5.78 Å². The molecule has 0 saturated heterocycles. The largest absolute Gasteiger partial charge is 0.353 e. The molecule has 20 heavy (non-hydrogen) atoms. The minimum absolute atomic E-state index is 0.0193. The lowest BCUT2D eigenvalue weighted by Crippen LogP contribution is -2.22. The zero-order chi connectivity index (χ0) is 14.7. The first-order valence-electron chi connectivity index (χ1n) is 6.45. The molecule has 0 amide bonds. The Morgan fingerprint density at radius 3 is 2.50 bits per heavy atom. The zero-order valence-electron chi connectivity index (χ0n) is 11.8. The fourth-order valence-electron chi connectivity index (χ4n) is 2.02. The van der Waals surface area contributed by atoms with Crippen molar-refractivity contribution in [2.75, 3.05) is 11.9 Å². The molecule has 1 unspecified atom stereocenters. The lowest BCUT2D eigenvalue weighted by molar-refractivity contribution is 0.101. The summed E-state index contributed by atoms with van der Waals surface area (Å²) in [5.41, 5.74) is 1.67. The molecule has 0 N–H and O–H groups in total. The van der Waals surface area contributed by atoms with E-state index in [1.165, 1.54) is 6.92 Å². The second-order valence-corrected chi connectivity index (χ2v) is 5.18. The van der Waals surface area contributed by atoms with Crippen molar-refractivity contribution in [1.29, 1.82) is 0 Å². The minimum Gasteiger partial charge on any atom is -0.353 e. The highest BCUT2D eigenvalue weighted by Crippen LogP contribution is 2.28. The van der Waals surface area contributed by atoms with Crippen LogP contribution in [0.4, 0.5) is 5.82 Å². The van der Waals surface area contributed by atoms with Crippen LogP contribution in [0.25, 0.3) is 0 Å². The van der Waals surface area contributed by atoms with Crippen LogP contribution >= 0.6 is 11.6 Å². The summed E-state index contributed by atoms with van der Waals surface area (Å²) in [5, 5.41) is 0.743. The van der Waals surface area contributed by atoms with Crippen LogP contribution in [0.5, 0.6) is 0 Å². The van der Waals surface area contributed by atoms with Crippen LogP contribution in [0.3, 0.4) is 0 Å². The van der Waals surface area contributed by atoms with Gasteiger partial charge in [0.2, 0.25) is 0 Å². The molecule has 3 nitrogen and oxygen atoms in total. The van der Waals surface area contributed by atoms with E-state index in [4.69, 9.17) is 11.6 Å². The monoisotopic (exact) mass is 288 g/mol. The van der Waals surface area contributed by atoms with Crippen LogP contribution in [0.1, 0.15) is 35.8 Å². The lowest BCUT2D eigenvalue weighted by Gasteiger charge is -2.27. The topological polar surface area (TPSA) is 33.2 Å². The Morgan fingerprint density at radius 2 is 1.95 bits per heavy atom. The van der Waals surface area contributed by atoms with Gasteiger partial charge < -0.3 is 4.90 Å². The molecule has 1 aromatic carbocycles. The molecule has 0 aliphatic carbocycles. The molecule has 4 heteroatoms. The standard InChI is InChI=1S/C16H17ClN2O/c1-11(14-6-4-5-7-15(14)17)19(3)16-9-8-13(10-18-16)12(2)20/h4-11H,1-3H3. The Hall–Kier alpha value is -1.87. The SMILES string of the molecule is CC(=O)c1ccc(N(C)C(C)c2ccccc2Cl)nc1. The van der Waals surface area contributed by atoms with Gasteiger partial charge in [0, 0.05) is 23.8 Å². The molecule has 0 fully saturated rings. The van der Waals surface area contributed by atoms with E-state index >= 15 is 0 Å². The van der Waals surface area contributed by atoms with Crippen molar-refractivity contribution in [3.8, 4) is 0 Å². The number of hydrogen-bond acceptors (Lipinski definition) is 3. The number of carbonyl (C=O) groups excluding carboxylic acids is 1. The number of carbonyl (C=O) groups is 1. The van der Waals surface area contributed by atoms with Gasteiger partial charge in [-0.25, -0.2) is 4.98 Å². The van der Waals surface area contributed by atoms with Crippen molar-refractivity contribution in [1.82, 2.24) is 4.98 Å². The van der Waals surface area contributed by atoms with E-state index in [0.717, 1.165) is 16.4 Å². The third-order valence-electron chi connectivity index (χ3n) is 3.45. The van der Waals surface area contributed by atoms with Gasteiger partial charge in [-0.1, -0.05) is 29.8 Å². The van der Waals surface area contributed by atoms with Crippen molar-refractivity contribution in [2.45, 2.75) is 19.9 Å². The summed E-state index contributed by atoms with van der Waals surface area (Å²) in [7, 11) is 1.96. The second-order valence-electron chi connectivity index (χ2n) is 4.77. The minimum atomic E-state index is 0.0193. The fraction of sp³-hybridized carbons (Fsp3) is 0.250. The zero-order valence-corrected chi connectivity index (χ0v) is 12.6. The van der Waals surface area contributed by atoms with Crippen LogP contribution in [0.15, 0.2) is 42.6 Å². The molecule has 1 atom stereocenters. The quantitative estimate of drug-likeness (QED) is 0.793. The van der Waals surface area contributed by atoms with E-state index < -0.39 is 0 Å². The molecule has 0 saturated carbocycles. The van der Waals surface area contributed by atoms with E-state index in [0.29, 0.717) is 5.56 Å². The maximum atomic E-state index is 11.3. The smallest absolute Gasteiger partial charge is 0.161 e. The van der Waals surface area contributed by atoms with E-state index in [-0.39, 0.29) is 11.8 Å². The number of hydrogen-bond donors (Lipinski definition) is 0. The van der Waals surface area contributed by atoms with Crippen LogP contribution in [0.2, 0.25) is 5.02 Å². The highest BCUT2D eigenvalue weighted by Gasteiger charge is 2.15. The van der Waals surface area contributed by atoms with Gasteiger partial charge in [-0.15, -0.1) is 0 Å². The van der Waals surface area contributed by atoms with Crippen molar-refractivity contribution >= 4 is 23.2 Å². The number of pyridine rings is 1. The van der Waals surface area contributed by atoms with Gasteiger partial charge in [-0.05, 0) is 37.6 Å². The van der Waals surface area contributed by atoms with Crippen molar-refractivity contribution in [2.24, 2.45) is 0 Å². The molecule has 2 rings (SSSR count). The third-order valence-corrected chi connectivity index (χ3v) is 3.80. The van der Waals surface area contributed by atoms with Crippen LogP contribution < -0.4 is 4.90 Å². The number of anilines is 1. The Morgan fingerprint density at radius 1 is 1.25 bits per heavy atom. The summed E-state index contributed by atoms with van der Waals surface area (Å²) in [6.45, 7) is 3.61. The molecule has 0 bridgehead atoms. The van der Waals surface area contributed by atoms with Crippen molar-refractivity contribution < 1.29 is 4.79 Å². The Bertz CT molecular complexity index is 610. The first-order valence-corrected chi connectivity index (χ1v) is 6.82. The number of nitrogens with zero attached hydrogens (tertiary/aromatic N) is 2. The Balaban J connectivity index is 2.24. The predicted molar refractivity (Wildman–Crippen MR) is 82.5 cm³/mol. The number of rotatable bonds is 4. The molecule has 0 radical (unpaired) electrons. The summed E-state index contributed by atoms with van der Waals surface area (Å²) >= 11 is 6.23. The van der Waals surface area contributed by atoms with Gasteiger partial charge in [-0.3, -0.25) is 4.79 Å². The van der Waals surface area contributed by atoms with Gasteiger partial charge in [-0.2, -0.15) is 0 Å². The summed E-state index contributed by atoms with van der Waals surface area (Å²) in [4.78, 5) is 17.6. The molecule has 1 heterocycles. The highest BCUT2D eigenvalue weighted by atomic mass is 35.5. The van der Waals surface area contributed by atoms with Crippen molar-refractivity contribution in [3.05, 3.63) is 58.7 Å². The Labute approximate surface area is 124 Å². The van der Waals surface area contributed by atoms with Crippen LogP contribution in [-0.2, 0) is 0 Å². The molecule has 0 spiro atoms. The summed E-state index contributed by atoms with van der Waals surface area (Å²) < 4.78 is 0. The van der Waals surface area contributed by atoms with E-state index in [1.54, 1.807) is 12.3 Å². The second kappa shape index (κ2) is 6.06. The molecule has 104 valence electrons. The normalized spacial score (nSPS) is 12.0. The number of benzene rings is 1. The number of Topliss-reactive ketones (excluding diaryl/α,β-unsaturated/α-hetero) is 1. The molecule has 0 aliphatic heterocycles. The summed E-state index contributed by atoms with van der Waals surface area (Å²) in [6, 6.07) is 11.5. The number of ketones is 1. The summed E-state index contributed by atoms with van der Waals surface area (Å²) in [5.74, 6) is 0.827. The first-order chi connectivity index (χ1) is 9.50. The average Bonchev–Trinajstić information content (AvgIpc) is 2.46. The fourth-order valence-corrected chi connectivity index (χ4v) is 2.32. The van der Waals surface area contributed by atoms with Gasteiger partial charge in [0.1, 0.15) is 5.82 Å². The molecule has 0 aliphatic rings. The average molecular weight is 289 g/mol. The highest BCUT2D eigenvalue weighted by molar-refractivity contribution is 6.31. The van der Waals surface area contributed by atoms with Crippen molar-refractivity contribution in [3.63, 3.8) is 0 Å². The van der Waals surface area contributed by atoms with Gasteiger partial charge in [0.05, 0.1) is 6.04 Å². The van der Waals surface area contributed by atoms with E-state index in [2.05, 4.69) is 11.9 Å². The number of aromatic nitrogens is 1. The molecule has 2 aromatic rings. The van der Waals surface area contributed by atoms with Crippen LogP contribution in [0, 0.1) is 0 Å². The maximum Gasteiger partial charge on any atom is 0.161 e. The van der Waals surface area contributed by atoms with E-state index in [1.807, 2.05) is 42.3 Å². The molecular weight excluding hydrogens is 272 g/mol.